The maximum Gasteiger partial charge on any atom is 0.346 e. The van der Waals surface area contributed by atoms with Gasteiger partial charge >= 0.3 is 6.03 Å². The van der Waals surface area contributed by atoms with E-state index in [9.17, 15) is 4.79 Å². The van der Waals surface area contributed by atoms with Gasteiger partial charge in [0.25, 0.3) is 0 Å². The minimum atomic E-state index is -0.396. The molecule has 1 aromatic heterocycles. The van der Waals surface area contributed by atoms with E-state index in [1.807, 2.05) is 32.0 Å². The maximum absolute atomic E-state index is 12.0. The molecule has 3 rings (SSSR count). The highest BCUT2D eigenvalue weighted by molar-refractivity contribution is 6.35. The van der Waals surface area contributed by atoms with Crippen molar-refractivity contribution < 1.29 is 4.79 Å². The number of aromatic nitrogens is 1. The van der Waals surface area contributed by atoms with Gasteiger partial charge in [0.2, 0.25) is 0 Å². The predicted molar refractivity (Wildman–Crippen MR) is 83.5 cm³/mol. The van der Waals surface area contributed by atoms with Crippen molar-refractivity contribution in [3.63, 3.8) is 0 Å². The summed E-state index contributed by atoms with van der Waals surface area (Å²) in [4.78, 5) is 22.0. The van der Waals surface area contributed by atoms with E-state index in [1.54, 1.807) is 17.2 Å². The van der Waals surface area contributed by atoms with Crippen LogP contribution in [-0.4, -0.2) is 27.8 Å². The number of amidine groups is 1. The van der Waals surface area contributed by atoms with Crippen molar-refractivity contribution >= 4 is 34.4 Å². The van der Waals surface area contributed by atoms with Crippen LogP contribution in [0.1, 0.15) is 25.5 Å². The number of nitrogens with two attached hydrogens (primary N) is 1. The Morgan fingerprint density at radius 1 is 1.33 bits per heavy atom. The van der Waals surface area contributed by atoms with Crippen LogP contribution in [0, 0.1) is 0 Å². The van der Waals surface area contributed by atoms with Crippen molar-refractivity contribution in [3.8, 4) is 0 Å². The highest BCUT2D eigenvalue weighted by Crippen LogP contribution is 2.34. The number of carbonyl (C=O) groups is 1. The summed E-state index contributed by atoms with van der Waals surface area (Å²) in [7, 11) is 0. The van der Waals surface area contributed by atoms with Gasteiger partial charge in [0.1, 0.15) is 11.9 Å². The van der Waals surface area contributed by atoms with E-state index in [-0.39, 0.29) is 12.1 Å². The first-order valence-electron chi connectivity index (χ1n) is 6.70. The number of benzene rings is 1. The van der Waals surface area contributed by atoms with Crippen LogP contribution in [0.4, 0.5) is 4.79 Å². The van der Waals surface area contributed by atoms with Gasteiger partial charge in [0, 0.05) is 28.2 Å². The molecule has 6 heteroatoms. The summed E-state index contributed by atoms with van der Waals surface area (Å²) in [5, 5.41) is 1.46. The van der Waals surface area contributed by atoms with Crippen LogP contribution in [0.2, 0.25) is 5.02 Å². The monoisotopic (exact) mass is 302 g/mol. The third-order valence-corrected chi connectivity index (χ3v) is 3.93. The smallest absolute Gasteiger partial charge is 0.346 e. The van der Waals surface area contributed by atoms with Crippen LogP contribution in [0.25, 0.3) is 10.9 Å². The largest absolute Gasteiger partial charge is 0.385 e. The van der Waals surface area contributed by atoms with Crippen molar-refractivity contribution in [2.45, 2.75) is 25.9 Å². The van der Waals surface area contributed by atoms with Crippen molar-refractivity contribution in [2.75, 3.05) is 0 Å². The molecule has 108 valence electrons. The number of urea groups is 1. The Balaban J connectivity index is 2.22. The van der Waals surface area contributed by atoms with Gasteiger partial charge in [0.05, 0.1) is 5.52 Å². The molecule has 5 nitrogen and oxygen atoms in total. The Labute approximate surface area is 127 Å². The zero-order chi connectivity index (χ0) is 15.1. The zero-order valence-corrected chi connectivity index (χ0v) is 12.5. The summed E-state index contributed by atoms with van der Waals surface area (Å²) < 4.78 is 0. The molecule has 2 N–H and O–H groups in total. The Bertz CT molecular complexity index is 756. The molecule has 1 atom stereocenters. The molecule has 1 unspecified atom stereocenters. The van der Waals surface area contributed by atoms with Gasteiger partial charge in [-0.15, -0.1) is 0 Å². The van der Waals surface area contributed by atoms with E-state index in [4.69, 9.17) is 17.3 Å². The molecule has 2 heterocycles. The fourth-order valence-electron chi connectivity index (χ4n) is 2.69. The lowest BCUT2D eigenvalue weighted by Gasteiger charge is -2.28. The van der Waals surface area contributed by atoms with E-state index in [1.165, 1.54) is 0 Å². The number of amides is 2. The minimum absolute atomic E-state index is 0.0123. The second kappa shape index (κ2) is 5.00. The average molecular weight is 303 g/mol. The molecular weight excluding hydrogens is 288 g/mol. The zero-order valence-electron chi connectivity index (χ0n) is 11.7. The standard InChI is InChI=1S/C15H15ClN4O/c1-8(2)20-13(14(17)19-15(20)21)10-5-6-11(16)9-4-3-7-18-12(9)10/h3-8,13H,1-2H3,(H2,17,19,21). The lowest BCUT2D eigenvalue weighted by molar-refractivity contribution is 0.190. The number of carbonyl (C=O) groups excluding carboxylic acids is 1. The van der Waals surface area contributed by atoms with E-state index in [0.717, 1.165) is 16.5 Å². The summed E-state index contributed by atoms with van der Waals surface area (Å²) >= 11 is 6.22. The van der Waals surface area contributed by atoms with Crippen LogP contribution < -0.4 is 5.73 Å². The number of halogens is 1. The first kappa shape index (κ1) is 13.8. The molecule has 0 aliphatic carbocycles. The van der Waals surface area contributed by atoms with Crippen LogP contribution in [0.3, 0.4) is 0 Å². The summed E-state index contributed by atoms with van der Waals surface area (Å²) in [6, 6.07) is 6.67. The van der Waals surface area contributed by atoms with Gasteiger partial charge in [-0.2, -0.15) is 4.99 Å². The third-order valence-electron chi connectivity index (χ3n) is 3.60. The van der Waals surface area contributed by atoms with Gasteiger partial charge in [-0.3, -0.25) is 4.98 Å². The highest BCUT2D eigenvalue weighted by Gasteiger charge is 2.37. The molecule has 2 amide bonds. The van der Waals surface area contributed by atoms with Crippen LogP contribution >= 0.6 is 11.6 Å². The number of rotatable bonds is 2. The quantitative estimate of drug-likeness (QED) is 0.926. The molecule has 21 heavy (non-hydrogen) atoms. The third kappa shape index (κ3) is 2.14. The molecule has 0 radical (unpaired) electrons. The van der Waals surface area contributed by atoms with E-state index in [2.05, 4.69) is 9.98 Å². The fourth-order valence-corrected chi connectivity index (χ4v) is 2.91. The Morgan fingerprint density at radius 2 is 2.10 bits per heavy atom. The average Bonchev–Trinajstić information content (AvgIpc) is 2.74. The van der Waals surface area contributed by atoms with Crippen molar-refractivity contribution in [1.29, 1.82) is 0 Å². The van der Waals surface area contributed by atoms with Crippen molar-refractivity contribution in [3.05, 3.63) is 41.0 Å². The lowest BCUT2D eigenvalue weighted by Crippen LogP contribution is -2.38. The van der Waals surface area contributed by atoms with Crippen molar-refractivity contribution in [2.24, 2.45) is 10.7 Å². The van der Waals surface area contributed by atoms with Gasteiger partial charge in [0.15, 0.2) is 0 Å². The SMILES string of the molecule is CC(C)N1C(=O)N=C(N)C1c1ccc(Cl)c2cccnc12. The van der Waals surface area contributed by atoms with Crippen LogP contribution in [0.15, 0.2) is 35.5 Å². The molecule has 2 aromatic rings. The maximum atomic E-state index is 12.0. The van der Waals surface area contributed by atoms with Crippen LogP contribution in [-0.2, 0) is 0 Å². The topological polar surface area (TPSA) is 71.6 Å². The summed E-state index contributed by atoms with van der Waals surface area (Å²) in [5.74, 6) is 0.294. The second-order valence-electron chi connectivity index (χ2n) is 5.26. The molecule has 1 aliphatic rings. The van der Waals surface area contributed by atoms with E-state index >= 15 is 0 Å². The Kier molecular flexibility index (Phi) is 3.29. The Morgan fingerprint density at radius 3 is 2.81 bits per heavy atom. The van der Waals surface area contributed by atoms with Gasteiger partial charge in [-0.1, -0.05) is 17.7 Å². The first-order valence-corrected chi connectivity index (χ1v) is 7.08. The molecule has 1 aromatic carbocycles. The Hall–Kier alpha value is -2.14. The number of pyridine rings is 1. The summed E-state index contributed by atoms with van der Waals surface area (Å²) in [6.45, 7) is 3.87. The molecule has 0 fully saturated rings. The highest BCUT2D eigenvalue weighted by atomic mass is 35.5. The van der Waals surface area contributed by atoms with E-state index in [0.29, 0.717) is 10.9 Å². The first-order chi connectivity index (χ1) is 10.0. The van der Waals surface area contributed by atoms with E-state index < -0.39 is 6.04 Å². The predicted octanol–water partition coefficient (Wildman–Crippen LogP) is 3.13. The van der Waals surface area contributed by atoms with Gasteiger partial charge < -0.3 is 10.6 Å². The van der Waals surface area contributed by atoms with Crippen LogP contribution in [0.5, 0.6) is 0 Å². The number of aliphatic imine (C=N–C) groups is 1. The van der Waals surface area contributed by atoms with Gasteiger partial charge in [-0.25, -0.2) is 4.79 Å². The number of hydrogen-bond acceptors (Lipinski definition) is 3. The lowest BCUT2D eigenvalue weighted by atomic mass is 10.0. The molecule has 1 aliphatic heterocycles. The normalized spacial score (nSPS) is 18.7. The fraction of sp³-hybridized carbons (Fsp3) is 0.267. The molecule has 0 saturated carbocycles. The molecule has 0 saturated heterocycles. The molecule has 0 spiro atoms. The number of nitrogens with zero attached hydrogens (tertiary/aromatic N) is 3. The number of hydrogen-bond donors (Lipinski definition) is 1. The summed E-state index contributed by atoms with van der Waals surface area (Å²) in [5.41, 5.74) is 7.57. The number of fused-ring (bicyclic) bond motifs is 1. The van der Waals surface area contributed by atoms with Gasteiger partial charge in [-0.05, 0) is 32.0 Å². The second-order valence-corrected chi connectivity index (χ2v) is 5.67. The summed E-state index contributed by atoms with van der Waals surface area (Å²) in [6.07, 6.45) is 1.70. The van der Waals surface area contributed by atoms with Crippen molar-refractivity contribution in [1.82, 2.24) is 9.88 Å². The molecule has 0 bridgehead atoms. The molecular formula is C15H15ClN4O. The minimum Gasteiger partial charge on any atom is -0.385 e.